The van der Waals surface area contributed by atoms with Gasteiger partial charge in [-0.3, -0.25) is 0 Å². The maximum atomic E-state index is 13.3. The smallest absolute Gasteiger partial charge is 0.489 e. The molecule has 2 heterocycles. The Morgan fingerprint density at radius 2 is 1.63 bits per heavy atom. The van der Waals surface area contributed by atoms with Crippen molar-refractivity contribution in [1.82, 2.24) is 4.98 Å². The minimum atomic E-state index is -4.80. The van der Waals surface area contributed by atoms with Crippen molar-refractivity contribution in [2.45, 2.75) is 26.3 Å². The van der Waals surface area contributed by atoms with Gasteiger partial charge in [0.25, 0.3) is 0 Å². The molecule has 0 aliphatic carbocycles. The predicted molar refractivity (Wildman–Crippen MR) is 168 cm³/mol. The number of esters is 1. The van der Waals surface area contributed by atoms with Crippen LogP contribution in [-0.2, 0) is 17.8 Å². The Hall–Kier alpha value is -4.25. The fourth-order valence-corrected chi connectivity index (χ4v) is 5.97. The van der Waals surface area contributed by atoms with Gasteiger partial charge >= 0.3 is 12.3 Å². The molecule has 1 aliphatic rings. The van der Waals surface area contributed by atoms with Crippen LogP contribution >= 0.6 is 34.8 Å². The highest BCUT2D eigenvalue weighted by Gasteiger charge is 2.31. The van der Waals surface area contributed by atoms with Gasteiger partial charge in [0.05, 0.1) is 6.61 Å². The van der Waals surface area contributed by atoms with E-state index < -0.39 is 12.3 Å². The van der Waals surface area contributed by atoms with E-state index in [0.717, 1.165) is 0 Å². The highest BCUT2D eigenvalue weighted by Crippen LogP contribution is 2.44. The summed E-state index contributed by atoms with van der Waals surface area (Å²) in [5.74, 6) is 0.542. The Morgan fingerprint density at radius 1 is 0.935 bits per heavy atom. The monoisotopic (exact) mass is 691 g/mol. The molecule has 1 aromatic heterocycles. The van der Waals surface area contributed by atoms with E-state index in [9.17, 15) is 18.0 Å². The van der Waals surface area contributed by atoms with Crippen molar-refractivity contribution in [3.05, 3.63) is 104 Å². The fraction of sp³-hybridized carbons (Fsp3) is 0.182. The molecule has 1 N–H and O–H groups in total. The maximum absolute atomic E-state index is 13.3. The lowest BCUT2D eigenvalue weighted by Crippen LogP contribution is -2.17. The summed E-state index contributed by atoms with van der Waals surface area (Å²) in [6.45, 7) is 1.92. The van der Waals surface area contributed by atoms with Crippen molar-refractivity contribution in [2.24, 2.45) is 0 Å². The molecule has 6 rings (SSSR count). The van der Waals surface area contributed by atoms with Crippen molar-refractivity contribution >= 4 is 51.7 Å². The van der Waals surface area contributed by atoms with Gasteiger partial charge in [0, 0.05) is 49.6 Å². The summed E-state index contributed by atoms with van der Waals surface area (Å²) in [6, 6.07) is 17.3. The third-order valence-electron chi connectivity index (χ3n) is 7.12. The normalized spacial score (nSPS) is 12.4. The Bertz CT molecular complexity index is 1920. The van der Waals surface area contributed by atoms with Crippen LogP contribution < -0.4 is 18.9 Å². The minimum Gasteiger partial charge on any atom is -0.489 e. The van der Waals surface area contributed by atoms with Gasteiger partial charge in [0.15, 0.2) is 11.5 Å². The molecule has 0 bridgehead atoms. The number of aromatic nitrogens is 1. The quantitative estimate of drug-likeness (QED) is 0.155. The molecule has 13 heteroatoms. The zero-order valence-electron chi connectivity index (χ0n) is 23.9. The highest BCUT2D eigenvalue weighted by molar-refractivity contribution is 6.35. The van der Waals surface area contributed by atoms with Crippen LogP contribution in [0.5, 0.6) is 23.0 Å². The van der Waals surface area contributed by atoms with Crippen LogP contribution in [0.2, 0.25) is 15.1 Å². The molecule has 7 nitrogen and oxygen atoms in total. The van der Waals surface area contributed by atoms with Gasteiger partial charge in [-0.2, -0.15) is 0 Å². The summed E-state index contributed by atoms with van der Waals surface area (Å²) in [6.07, 6.45) is -4.58. The largest absolute Gasteiger partial charge is 0.573 e. The number of fused-ring (bicyclic) bond motifs is 2. The number of hydrogen-bond acceptors (Lipinski definition) is 6. The molecular formula is C33H23Cl3F3NO6. The molecular weight excluding hydrogens is 670 g/mol. The molecule has 5 aromatic rings. The van der Waals surface area contributed by atoms with Crippen LogP contribution in [0.25, 0.3) is 22.0 Å². The summed E-state index contributed by atoms with van der Waals surface area (Å²) < 4.78 is 64.6. The number of benzene rings is 4. The Morgan fingerprint density at radius 3 is 2.30 bits per heavy atom. The molecule has 46 heavy (non-hydrogen) atoms. The number of carbonyl (C=O) groups is 1. The third kappa shape index (κ3) is 6.79. The number of hydrogen-bond donors (Lipinski definition) is 1. The van der Waals surface area contributed by atoms with Gasteiger partial charge in [0.2, 0.25) is 6.79 Å². The molecule has 0 radical (unpaired) electrons. The van der Waals surface area contributed by atoms with E-state index in [1.807, 2.05) is 0 Å². The summed E-state index contributed by atoms with van der Waals surface area (Å²) in [4.78, 5) is 16.5. The first-order chi connectivity index (χ1) is 22.0. The summed E-state index contributed by atoms with van der Waals surface area (Å²) >= 11 is 19.5. The lowest BCUT2D eigenvalue weighted by molar-refractivity contribution is -0.274. The van der Waals surface area contributed by atoms with Crippen molar-refractivity contribution in [2.75, 3.05) is 13.4 Å². The number of carbonyl (C=O) groups excluding carboxylic acids is 1. The zero-order valence-corrected chi connectivity index (χ0v) is 26.2. The molecule has 4 aromatic carbocycles. The van der Waals surface area contributed by atoms with Crippen LogP contribution in [0, 0.1) is 0 Å². The number of nitrogens with one attached hydrogen (secondary N) is 1. The van der Waals surface area contributed by atoms with Gasteiger partial charge < -0.3 is 28.7 Å². The number of ether oxygens (including phenoxy) is 5. The number of alkyl halides is 3. The first-order valence-electron chi connectivity index (χ1n) is 13.9. The summed E-state index contributed by atoms with van der Waals surface area (Å²) in [7, 11) is 0. The first kappa shape index (κ1) is 31.7. The van der Waals surface area contributed by atoms with E-state index >= 15 is 0 Å². The Balaban J connectivity index is 1.50. The third-order valence-corrected chi connectivity index (χ3v) is 7.91. The van der Waals surface area contributed by atoms with E-state index in [1.165, 1.54) is 24.3 Å². The molecule has 238 valence electrons. The number of H-pyrrole nitrogens is 1. The van der Waals surface area contributed by atoms with Crippen LogP contribution in [0.15, 0.2) is 66.7 Å². The van der Waals surface area contributed by atoms with Gasteiger partial charge in [-0.05, 0) is 72.1 Å². The minimum absolute atomic E-state index is 0.00710. The van der Waals surface area contributed by atoms with Crippen molar-refractivity contribution in [1.29, 1.82) is 0 Å². The highest BCUT2D eigenvalue weighted by atomic mass is 35.5. The van der Waals surface area contributed by atoms with E-state index in [-0.39, 0.29) is 37.9 Å². The number of halogens is 6. The van der Waals surface area contributed by atoms with Crippen molar-refractivity contribution in [3.8, 4) is 34.1 Å². The molecule has 0 unspecified atom stereocenters. The van der Waals surface area contributed by atoms with Crippen LogP contribution in [0.1, 0.15) is 34.1 Å². The lowest BCUT2D eigenvalue weighted by atomic mass is 9.94. The average molecular weight is 693 g/mol. The zero-order chi connectivity index (χ0) is 32.6. The predicted octanol–water partition coefficient (Wildman–Crippen LogP) is 9.77. The van der Waals surface area contributed by atoms with Gasteiger partial charge in [-0.15, -0.1) is 13.2 Å². The standard InChI is InChI=1S/C33H23Cl3F3NO6/c1-2-42-32(41)31-29(19-9-20(34)13-21(35)10-19)30-23(11-18-12-27-28(14-24(18)36)45-16-44-27)26(8-7-25(30)40-31)43-15-17-3-5-22(6-4-17)46-33(37,38)39/h3-10,12-14,40H,2,11,15-16H2,1H3. The molecule has 0 spiro atoms. The topological polar surface area (TPSA) is 79.0 Å². The van der Waals surface area contributed by atoms with Crippen molar-refractivity contribution in [3.63, 3.8) is 0 Å². The Kier molecular flexibility index (Phi) is 8.87. The summed E-state index contributed by atoms with van der Waals surface area (Å²) in [5.41, 5.74) is 3.75. The first-order valence-corrected chi connectivity index (χ1v) is 15.0. The molecule has 1 aliphatic heterocycles. The maximum Gasteiger partial charge on any atom is 0.573 e. The molecule has 0 saturated heterocycles. The lowest BCUT2D eigenvalue weighted by Gasteiger charge is -2.16. The van der Waals surface area contributed by atoms with E-state index in [4.69, 9.17) is 53.8 Å². The van der Waals surface area contributed by atoms with Crippen LogP contribution in [-0.4, -0.2) is 30.7 Å². The van der Waals surface area contributed by atoms with Crippen LogP contribution in [0.4, 0.5) is 13.2 Å². The van der Waals surface area contributed by atoms with E-state index in [2.05, 4.69) is 9.72 Å². The molecule has 0 saturated carbocycles. The molecule has 0 fully saturated rings. The van der Waals surface area contributed by atoms with Gasteiger partial charge in [0.1, 0.15) is 23.8 Å². The van der Waals surface area contributed by atoms with Crippen LogP contribution in [0.3, 0.4) is 0 Å². The fourth-order valence-electron chi connectivity index (χ4n) is 5.23. The number of rotatable bonds is 9. The Labute approximate surface area is 275 Å². The summed E-state index contributed by atoms with van der Waals surface area (Å²) in [5, 5.41) is 1.76. The van der Waals surface area contributed by atoms with E-state index in [0.29, 0.717) is 71.0 Å². The SMILES string of the molecule is CCOC(=O)c1[nH]c2ccc(OCc3ccc(OC(F)(F)F)cc3)c(Cc3cc4c(cc3Cl)OCO4)c2c1-c1cc(Cl)cc(Cl)c1. The molecule has 0 amide bonds. The van der Waals surface area contributed by atoms with E-state index in [1.54, 1.807) is 49.4 Å². The van der Waals surface area contributed by atoms with Crippen molar-refractivity contribution < 1.29 is 41.7 Å². The van der Waals surface area contributed by atoms with Gasteiger partial charge in [-0.1, -0.05) is 46.9 Å². The second-order valence-electron chi connectivity index (χ2n) is 10.2. The molecule has 0 atom stereocenters. The average Bonchev–Trinajstić information content (AvgIpc) is 3.61. The number of aromatic amines is 1. The van der Waals surface area contributed by atoms with Gasteiger partial charge in [-0.25, -0.2) is 4.79 Å². The second kappa shape index (κ2) is 12.9. The second-order valence-corrected chi connectivity index (χ2v) is 11.5.